The fourth-order valence-electron chi connectivity index (χ4n) is 2.86. The monoisotopic (exact) mass is 277 g/mol. The minimum atomic E-state index is 0.285. The molecule has 0 amide bonds. The lowest BCUT2D eigenvalue weighted by Gasteiger charge is -2.22. The van der Waals surface area contributed by atoms with E-state index < -0.39 is 0 Å². The van der Waals surface area contributed by atoms with E-state index in [-0.39, 0.29) is 6.61 Å². The molecule has 1 aromatic rings. The van der Waals surface area contributed by atoms with Crippen LogP contribution < -0.4 is 10.1 Å². The summed E-state index contributed by atoms with van der Waals surface area (Å²) >= 11 is 0. The van der Waals surface area contributed by atoms with Gasteiger partial charge in [-0.2, -0.15) is 0 Å². The first-order valence-corrected chi connectivity index (χ1v) is 7.88. The van der Waals surface area contributed by atoms with Crippen molar-refractivity contribution < 1.29 is 9.84 Å². The molecule has 0 aromatic heterocycles. The summed E-state index contributed by atoms with van der Waals surface area (Å²) in [7, 11) is 0. The van der Waals surface area contributed by atoms with Crippen molar-refractivity contribution >= 4 is 0 Å². The maximum Gasteiger partial charge on any atom is 0.122 e. The largest absolute Gasteiger partial charge is 0.493 e. The molecule has 0 bridgehead atoms. The summed E-state index contributed by atoms with van der Waals surface area (Å²) in [6.45, 7) is 6.48. The zero-order valence-corrected chi connectivity index (χ0v) is 12.7. The molecule has 0 saturated heterocycles. The number of aliphatic hydroxyl groups excluding tert-OH is 1. The molecule has 112 valence electrons. The number of rotatable bonds is 8. The topological polar surface area (TPSA) is 41.5 Å². The molecule has 2 rings (SSSR count). The summed E-state index contributed by atoms with van der Waals surface area (Å²) in [5.41, 5.74) is 2.70. The second kappa shape index (κ2) is 7.65. The molecular formula is C17H27NO2. The van der Waals surface area contributed by atoms with Gasteiger partial charge < -0.3 is 15.2 Å². The van der Waals surface area contributed by atoms with Crippen LogP contribution in [0.4, 0.5) is 0 Å². The number of benzene rings is 1. The summed E-state index contributed by atoms with van der Waals surface area (Å²) in [5, 5.41) is 12.7. The minimum absolute atomic E-state index is 0.285. The first-order chi connectivity index (χ1) is 9.78. The van der Waals surface area contributed by atoms with Crippen LogP contribution in [0.5, 0.6) is 5.75 Å². The van der Waals surface area contributed by atoms with E-state index in [0.29, 0.717) is 12.0 Å². The van der Waals surface area contributed by atoms with Crippen molar-refractivity contribution in [2.45, 2.75) is 45.6 Å². The highest BCUT2D eigenvalue weighted by Gasteiger charge is 2.16. The predicted octanol–water partition coefficient (Wildman–Crippen LogP) is 3.07. The van der Waals surface area contributed by atoms with E-state index in [9.17, 15) is 0 Å². The van der Waals surface area contributed by atoms with Crippen LogP contribution in [-0.4, -0.2) is 24.9 Å². The summed E-state index contributed by atoms with van der Waals surface area (Å²) < 4.78 is 5.57. The van der Waals surface area contributed by atoms with Gasteiger partial charge in [0.05, 0.1) is 6.61 Å². The van der Waals surface area contributed by atoms with Gasteiger partial charge in [-0.3, -0.25) is 0 Å². The van der Waals surface area contributed by atoms with Gasteiger partial charge in [-0.05, 0) is 42.5 Å². The van der Waals surface area contributed by atoms with Crippen molar-refractivity contribution in [2.24, 2.45) is 5.92 Å². The van der Waals surface area contributed by atoms with Gasteiger partial charge in [-0.25, -0.2) is 0 Å². The molecule has 2 N–H and O–H groups in total. The molecule has 1 aliphatic heterocycles. The fourth-order valence-corrected chi connectivity index (χ4v) is 2.86. The van der Waals surface area contributed by atoms with Crippen LogP contribution in [0.1, 0.15) is 50.3 Å². The highest BCUT2D eigenvalue weighted by atomic mass is 16.5. The summed E-state index contributed by atoms with van der Waals surface area (Å²) in [4.78, 5) is 0. The number of aliphatic hydroxyl groups is 1. The number of hydrogen-bond donors (Lipinski definition) is 2. The SMILES string of the molecule is CCC(CCO)CNC(CC)c1ccc2c(c1)CCO2. The Hall–Kier alpha value is -1.06. The Morgan fingerprint density at radius 1 is 1.30 bits per heavy atom. The van der Waals surface area contributed by atoms with E-state index in [2.05, 4.69) is 37.4 Å². The number of hydrogen-bond acceptors (Lipinski definition) is 3. The van der Waals surface area contributed by atoms with Gasteiger partial charge in [-0.1, -0.05) is 32.4 Å². The lowest BCUT2D eigenvalue weighted by Crippen LogP contribution is -2.27. The maximum atomic E-state index is 9.07. The Bertz CT molecular complexity index is 419. The molecule has 1 aromatic carbocycles. The number of fused-ring (bicyclic) bond motifs is 1. The maximum absolute atomic E-state index is 9.07. The summed E-state index contributed by atoms with van der Waals surface area (Å²) in [5.74, 6) is 1.61. The van der Waals surface area contributed by atoms with Gasteiger partial charge in [0.15, 0.2) is 0 Å². The van der Waals surface area contributed by atoms with E-state index in [4.69, 9.17) is 9.84 Å². The standard InChI is InChI=1S/C17H27NO2/c1-3-13(7-9-19)12-18-16(4-2)14-5-6-17-15(11-14)8-10-20-17/h5-6,11,13,16,18-19H,3-4,7-10,12H2,1-2H3. The van der Waals surface area contributed by atoms with Crippen molar-refractivity contribution in [1.82, 2.24) is 5.32 Å². The van der Waals surface area contributed by atoms with Crippen molar-refractivity contribution in [2.75, 3.05) is 19.8 Å². The fraction of sp³-hybridized carbons (Fsp3) is 0.647. The van der Waals surface area contributed by atoms with E-state index in [1.165, 1.54) is 11.1 Å². The van der Waals surface area contributed by atoms with Crippen LogP contribution in [0.2, 0.25) is 0 Å². The molecule has 3 nitrogen and oxygen atoms in total. The Morgan fingerprint density at radius 2 is 2.15 bits per heavy atom. The first kappa shape index (κ1) is 15.3. The smallest absolute Gasteiger partial charge is 0.122 e. The average molecular weight is 277 g/mol. The van der Waals surface area contributed by atoms with Crippen LogP contribution in [-0.2, 0) is 6.42 Å². The molecule has 2 unspecified atom stereocenters. The quantitative estimate of drug-likeness (QED) is 0.767. The van der Waals surface area contributed by atoms with Gasteiger partial charge in [0.2, 0.25) is 0 Å². The number of nitrogens with one attached hydrogen (secondary N) is 1. The highest BCUT2D eigenvalue weighted by molar-refractivity contribution is 5.40. The van der Waals surface area contributed by atoms with Gasteiger partial charge in [-0.15, -0.1) is 0 Å². The van der Waals surface area contributed by atoms with Gasteiger partial charge >= 0.3 is 0 Å². The Balaban J connectivity index is 1.97. The minimum Gasteiger partial charge on any atom is -0.493 e. The van der Waals surface area contributed by atoms with Crippen LogP contribution >= 0.6 is 0 Å². The van der Waals surface area contributed by atoms with Crippen LogP contribution in [0.15, 0.2) is 18.2 Å². The number of ether oxygens (including phenoxy) is 1. The molecule has 20 heavy (non-hydrogen) atoms. The van der Waals surface area contributed by atoms with E-state index >= 15 is 0 Å². The summed E-state index contributed by atoms with van der Waals surface area (Å²) in [6.07, 6.45) is 4.11. The second-order valence-electron chi connectivity index (χ2n) is 5.62. The third-order valence-electron chi connectivity index (χ3n) is 4.29. The van der Waals surface area contributed by atoms with Crippen LogP contribution in [0.25, 0.3) is 0 Å². The highest BCUT2D eigenvalue weighted by Crippen LogP contribution is 2.29. The zero-order chi connectivity index (χ0) is 14.4. The molecule has 1 aliphatic rings. The van der Waals surface area contributed by atoms with E-state index in [1.54, 1.807) is 0 Å². The first-order valence-electron chi connectivity index (χ1n) is 7.88. The van der Waals surface area contributed by atoms with Crippen molar-refractivity contribution in [3.05, 3.63) is 29.3 Å². The Labute approximate surface area is 122 Å². The summed E-state index contributed by atoms with van der Waals surface area (Å²) in [6, 6.07) is 6.97. The molecule has 0 radical (unpaired) electrons. The zero-order valence-electron chi connectivity index (χ0n) is 12.7. The third kappa shape index (κ3) is 3.74. The molecule has 0 aliphatic carbocycles. The van der Waals surface area contributed by atoms with Crippen molar-refractivity contribution in [1.29, 1.82) is 0 Å². The molecule has 0 saturated carbocycles. The lowest BCUT2D eigenvalue weighted by molar-refractivity contribution is 0.248. The molecule has 3 heteroatoms. The molecular weight excluding hydrogens is 250 g/mol. The van der Waals surface area contributed by atoms with Crippen molar-refractivity contribution in [3.8, 4) is 5.75 Å². The normalized spacial score (nSPS) is 16.6. The Morgan fingerprint density at radius 3 is 2.85 bits per heavy atom. The second-order valence-corrected chi connectivity index (χ2v) is 5.62. The molecule has 2 atom stereocenters. The van der Waals surface area contributed by atoms with Crippen molar-refractivity contribution in [3.63, 3.8) is 0 Å². The van der Waals surface area contributed by atoms with Gasteiger partial charge in [0.25, 0.3) is 0 Å². The lowest BCUT2D eigenvalue weighted by atomic mass is 9.98. The van der Waals surface area contributed by atoms with E-state index in [1.807, 2.05) is 0 Å². The van der Waals surface area contributed by atoms with Gasteiger partial charge in [0.1, 0.15) is 5.75 Å². The van der Waals surface area contributed by atoms with E-state index in [0.717, 1.165) is 44.6 Å². The molecule has 0 fully saturated rings. The van der Waals surface area contributed by atoms with Crippen LogP contribution in [0.3, 0.4) is 0 Å². The Kier molecular flexibility index (Phi) is 5.86. The predicted molar refractivity (Wildman–Crippen MR) is 82.2 cm³/mol. The van der Waals surface area contributed by atoms with Crippen LogP contribution in [0, 0.1) is 5.92 Å². The van der Waals surface area contributed by atoms with Gasteiger partial charge in [0, 0.05) is 19.1 Å². The molecule has 0 spiro atoms. The average Bonchev–Trinajstić information content (AvgIpc) is 2.94. The third-order valence-corrected chi connectivity index (χ3v) is 4.29. The molecule has 1 heterocycles.